The molecule has 1 unspecified atom stereocenters. The first-order valence-corrected chi connectivity index (χ1v) is 4.60. The summed E-state index contributed by atoms with van der Waals surface area (Å²) in [5.74, 6) is -1.46. The van der Waals surface area contributed by atoms with Crippen molar-refractivity contribution in [2.45, 2.75) is 19.8 Å². The van der Waals surface area contributed by atoms with E-state index in [-0.39, 0.29) is 11.7 Å². The number of rotatable bonds is 4. The van der Waals surface area contributed by atoms with Crippen molar-refractivity contribution < 1.29 is 14.3 Å². The highest BCUT2D eigenvalue weighted by atomic mass is 19.1. The Labute approximate surface area is 82.4 Å². The average Bonchev–Trinajstić information content (AvgIpc) is 2.16. The summed E-state index contributed by atoms with van der Waals surface area (Å²) in [4.78, 5) is 10.7. The van der Waals surface area contributed by atoms with Gasteiger partial charge in [-0.2, -0.15) is 0 Å². The molecule has 0 amide bonds. The zero-order chi connectivity index (χ0) is 10.6. The smallest absolute Gasteiger partial charge is 0.306 e. The largest absolute Gasteiger partial charge is 0.481 e. The monoisotopic (exact) mass is 196 g/mol. The van der Waals surface area contributed by atoms with Gasteiger partial charge in [-0.3, -0.25) is 4.79 Å². The molecule has 0 bridgehead atoms. The molecule has 14 heavy (non-hydrogen) atoms. The molecule has 0 radical (unpaired) electrons. The highest BCUT2D eigenvalue weighted by Crippen LogP contribution is 2.12. The predicted molar refractivity (Wildman–Crippen MR) is 51.5 cm³/mol. The minimum Gasteiger partial charge on any atom is -0.481 e. The number of halogens is 1. The molecule has 3 heteroatoms. The third-order valence-corrected chi connectivity index (χ3v) is 2.24. The van der Waals surface area contributed by atoms with Gasteiger partial charge in [-0.05, 0) is 30.5 Å². The molecule has 1 aromatic carbocycles. The predicted octanol–water partition coefficient (Wildman–Crippen LogP) is 2.48. The maximum absolute atomic E-state index is 12.5. The van der Waals surface area contributed by atoms with E-state index >= 15 is 0 Å². The third kappa shape index (κ3) is 2.83. The molecular formula is C11H13FO2. The van der Waals surface area contributed by atoms with Gasteiger partial charge in [-0.25, -0.2) is 4.39 Å². The summed E-state index contributed by atoms with van der Waals surface area (Å²) in [5, 5.41) is 8.82. The van der Waals surface area contributed by atoms with Crippen molar-refractivity contribution in [2.24, 2.45) is 5.92 Å². The topological polar surface area (TPSA) is 37.3 Å². The summed E-state index contributed by atoms with van der Waals surface area (Å²) in [6.07, 6.45) is 1.05. The summed E-state index contributed by atoms with van der Waals surface area (Å²) < 4.78 is 12.5. The number of benzene rings is 1. The summed E-state index contributed by atoms with van der Waals surface area (Å²) >= 11 is 0. The van der Waals surface area contributed by atoms with Crippen molar-refractivity contribution in [1.29, 1.82) is 0 Å². The van der Waals surface area contributed by atoms with Crippen LogP contribution in [-0.4, -0.2) is 11.1 Å². The lowest BCUT2D eigenvalue weighted by Gasteiger charge is -2.08. The quantitative estimate of drug-likeness (QED) is 0.803. The molecule has 0 heterocycles. The SMILES string of the molecule is CCC(Cc1ccc(F)cc1)C(=O)O. The van der Waals surface area contributed by atoms with E-state index in [0.29, 0.717) is 12.8 Å². The van der Waals surface area contributed by atoms with Crippen LogP contribution in [0.5, 0.6) is 0 Å². The summed E-state index contributed by atoms with van der Waals surface area (Å²) in [5.41, 5.74) is 0.862. The third-order valence-electron chi connectivity index (χ3n) is 2.24. The molecule has 1 N–H and O–H groups in total. The highest BCUT2D eigenvalue weighted by molar-refractivity contribution is 5.70. The zero-order valence-electron chi connectivity index (χ0n) is 8.03. The van der Waals surface area contributed by atoms with Gasteiger partial charge >= 0.3 is 5.97 Å². The number of hydrogen-bond acceptors (Lipinski definition) is 1. The fraction of sp³-hybridized carbons (Fsp3) is 0.364. The van der Waals surface area contributed by atoms with Gasteiger partial charge in [0.25, 0.3) is 0 Å². The second-order valence-electron chi connectivity index (χ2n) is 3.27. The van der Waals surface area contributed by atoms with Crippen LogP contribution in [-0.2, 0) is 11.2 Å². The molecule has 1 rings (SSSR count). The summed E-state index contributed by atoms with van der Waals surface area (Å²) in [6, 6.07) is 5.95. The Hall–Kier alpha value is -1.38. The van der Waals surface area contributed by atoms with Crippen molar-refractivity contribution in [3.05, 3.63) is 35.6 Å². The lowest BCUT2D eigenvalue weighted by atomic mass is 9.97. The first-order chi connectivity index (χ1) is 6.63. The van der Waals surface area contributed by atoms with Crippen molar-refractivity contribution in [3.63, 3.8) is 0 Å². The van der Waals surface area contributed by atoms with Crippen LogP contribution in [0.1, 0.15) is 18.9 Å². The molecule has 2 nitrogen and oxygen atoms in total. The van der Waals surface area contributed by atoms with Gasteiger partial charge in [0.2, 0.25) is 0 Å². The van der Waals surface area contributed by atoms with Crippen molar-refractivity contribution in [2.75, 3.05) is 0 Å². The molecule has 1 atom stereocenters. The average molecular weight is 196 g/mol. The van der Waals surface area contributed by atoms with E-state index in [1.165, 1.54) is 12.1 Å². The van der Waals surface area contributed by atoms with E-state index in [9.17, 15) is 9.18 Å². The lowest BCUT2D eigenvalue weighted by Crippen LogP contribution is -2.15. The fourth-order valence-corrected chi connectivity index (χ4v) is 1.31. The second-order valence-corrected chi connectivity index (χ2v) is 3.27. The Morgan fingerprint density at radius 2 is 2.00 bits per heavy atom. The van der Waals surface area contributed by atoms with Crippen molar-refractivity contribution in [3.8, 4) is 0 Å². The van der Waals surface area contributed by atoms with Gasteiger partial charge in [0.05, 0.1) is 5.92 Å². The molecule has 0 aliphatic rings. The lowest BCUT2D eigenvalue weighted by molar-refractivity contribution is -0.141. The Morgan fingerprint density at radius 3 is 2.43 bits per heavy atom. The Morgan fingerprint density at radius 1 is 1.43 bits per heavy atom. The number of carbonyl (C=O) groups is 1. The van der Waals surface area contributed by atoms with Gasteiger partial charge in [0, 0.05) is 0 Å². The normalized spacial score (nSPS) is 12.4. The van der Waals surface area contributed by atoms with Crippen LogP contribution >= 0.6 is 0 Å². The van der Waals surface area contributed by atoms with Crippen LogP contribution < -0.4 is 0 Å². The molecule has 1 aromatic rings. The molecule has 0 fully saturated rings. The molecule has 76 valence electrons. The van der Waals surface area contributed by atoms with Crippen molar-refractivity contribution >= 4 is 5.97 Å². The van der Waals surface area contributed by atoms with Gasteiger partial charge in [-0.15, -0.1) is 0 Å². The number of aliphatic carboxylic acids is 1. The molecule has 0 aliphatic carbocycles. The molecule has 0 aromatic heterocycles. The molecule has 0 saturated carbocycles. The van der Waals surface area contributed by atoms with Gasteiger partial charge < -0.3 is 5.11 Å². The van der Waals surface area contributed by atoms with E-state index in [4.69, 9.17) is 5.11 Å². The Balaban J connectivity index is 2.67. The number of hydrogen-bond donors (Lipinski definition) is 1. The molecule has 0 spiro atoms. The number of carboxylic acids is 1. The Kier molecular flexibility index (Phi) is 3.63. The van der Waals surface area contributed by atoms with E-state index in [1.54, 1.807) is 12.1 Å². The minimum absolute atomic E-state index is 0.294. The number of carboxylic acid groups (broad SMARTS) is 1. The van der Waals surface area contributed by atoms with E-state index < -0.39 is 5.97 Å². The van der Waals surface area contributed by atoms with Crippen LogP contribution in [0.2, 0.25) is 0 Å². The minimum atomic E-state index is -0.795. The van der Waals surface area contributed by atoms with Gasteiger partial charge in [0.15, 0.2) is 0 Å². The van der Waals surface area contributed by atoms with Crippen LogP contribution in [0.3, 0.4) is 0 Å². The van der Waals surface area contributed by atoms with Gasteiger partial charge in [0.1, 0.15) is 5.82 Å². The first-order valence-electron chi connectivity index (χ1n) is 4.60. The van der Waals surface area contributed by atoms with Crippen LogP contribution in [0.15, 0.2) is 24.3 Å². The summed E-state index contributed by atoms with van der Waals surface area (Å²) in [7, 11) is 0. The van der Waals surface area contributed by atoms with Crippen LogP contribution in [0, 0.1) is 11.7 Å². The molecular weight excluding hydrogens is 183 g/mol. The van der Waals surface area contributed by atoms with E-state index in [0.717, 1.165) is 5.56 Å². The van der Waals surface area contributed by atoms with Crippen LogP contribution in [0.25, 0.3) is 0 Å². The van der Waals surface area contributed by atoms with E-state index in [1.807, 2.05) is 6.92 Å². The maximum Gasteiger partial charge on any atom is 0.306 e. The van der Waals surface area contributed by atoms with Crippen molar-refractivity contribution in [1.82, 2.24) is 0 Å². The molecule has 0 aliphatic heterocycles. The fourth-order valence-electron chi connectivity index (χ4n) is 1.31. The zero-order valence-corrected chi connectivity index (χ0v) is 8.03. The standard InChI is InChI=1S/C11H13FO2/c1-2-9(11(13)14)7-8-3-5-10(12)6-4-8/h3-6,9H,2,7H2,1H3,(H,13,14). The molecule has 0 saturated heterocycles. The maximum atomic E-state index is 12.5. The van der Waals surface area contributed by atoms with E-state index in [2.05, 4.69) is 0 Å². The first kappa shape index (κ1) is 10.7. The van der Waals surface area contributed by atoms with Gasteiger partial charge in [-0.1, -0.05) is 19.1 Å². The Bertz CT molecular complexity index is 306. The van der Waals surface area contributed by atoms with Crippen LogP contribution in [0.4, 0.5) is 4.39 Å². The summed E-state index contributed by atoms with van der Waals surface area (Å²) in [6.45, 7) is 1.84. The highest BCUT2D eigenvalue weighted by Gasteiger charge is 2.15. The second kappa shape index (κ2) is 4.74.